The van der Waals surface area contributed by atoms with E-state index in [0.29, 0.717) is 18.8 Å². The van der Waals surface area contributed by atoms with E-state index in [1.54, 1.807) is 28.6 Å². The van der Waals surface area contributed by atoms with E-state index in [-0.39, 0.29) is 29.3 Å². The number of amides is 1. The molecule has 1 aliphatic heterocycles. The van der Waals surface area contributed by atoms with Crippen LogP contribution in [0.4, 0.5) is 5.69 Å². The van der Waals surface area contributed by atoms with Crippen LogP contribution in [0.1, 0.15) is 24.1 Å². The third-order valence-electron chi connectivity index (χ3n) is 5.85. The monoisotopic (exact) mass is 485 g/mol. The Morgan fingerprint density at radius 1 is 0.848 bits per heavy atom. The van der Waals surface area contributed by atoms with Gasteiger partial charge in [-0.3, -0.25) is 4.79 Å². The maximum absolute atomic E-state index is 13.2. The highest BCUT2D eigenvalue weighted by Crippen LogP contribution is 2.21. The maximum Gasteiger partial charge on any atom is 0.243 e. The maximum atomic E-state index is 13.2. The minimum Gasteiger partial charge on any atom is -1.00 e. The Morgan fingerprint density at radius 3 is 1.79 bits per heavy atom. The molecule has 0 atom stereocenters. The second-order valence-corrected chi connectivity index (χ2v) is 9.96. The van der Waals surface area contributed by atoms with Gasteiger partial charge in [0.15, 0.2) is 0 Å². The van der Waals surface area contributed by atoms with E-state index in [9.17, 15) is 13.2 Å². The van der Waals surface area contributed by atoms with Gasteiger partial charge in [0.2, 0.25) is 15.9 Å². The van der Waals surface area contributed by atoms with E-state index in [1.165, 1.54) is 23.0 Å². The molecule has 0 bridgehead atoms. The highest BCUT2D eigenvalue weighted by Gasteiger charge is 2.34. The molecule has 4 rings (SSSR count). The van der Waals surface area contributed by atoms with Crippen molar-refractivity contribution in [1.29, 1.82) is 0 Å². The van der Waals surface area contributed by atoms with Gasteiger partial charge < -0.3 is 22.6 Å². The molecule has 2 N–H and O–H groups in total. The summed E-state index contributed by atoms with van der Waals surface area (Å²) in [5, 5.41) is 2.66. The molecule has 0 spiro atoms. The number of quaternary nitrogens is 1. The molecule has 1 saturated heterocycles. The standard InChI is InChI=1S/C25H27N3O3S.ClH/c1-20(29)26-23-12-14-24(15-13-23)32(30,31)28-18-16-27(17-19-28)25(21-8-4-2-5-9-21)22-10-6-3-7-11-22;/h2-15,25H,16-19H2,1H3,(H,26,29);1H. The van der Waals surface area contributed by atoms with Gasteiger partial charge in [-0.1, -0.05) is 60.7 Å². The Bertz CT molecular complexity index is 1110. The fraction of sp³-hybridized carbons (Fsp3) is 0.240. The summed E-state index contributed by atoms with van der Waals surface area (Å²) >= 11 is 0. The lowest BCUT2D eigenvalue weighted by Crippen LogP contribution is -3.15. The van der Waals surface area contributed by atoms with Gasteiger partial charge in [0, 0.05) is 23.7 Å². The van der Waals surface area contributed by atoms with Crippen LogP contribution in [0.2, 0.25) is 0 Å². The number of rotatable bonds is 6. The Kier molecular flexibility index (Phi) is 8.26. The van der Waals surface area contributed by atoms with Crippen LogP contribution in [0.3, 0.4) is 0 Å². The Balaban J connectivity index is 0.00000306. The van der Waals surface area contributed by atoms with Crippen molar-refractivity contribution >= 4 is 21.6 Å². The quantitative estimate of drug-likeness (QED) is 0.486. The van der Waals surface area contributed by atoms with Gasteiger partial charge in [-0.05, 0) is 24.3 Å². The van der Waals surface area contributed by atoms with E-state index in [4.69, 9.17) is 0 Å². The number of hydrogen-bond acceptors (Lipinski definition) is 3. The number of carbonyl (C=O) groups is 1. The molecule has 3 aromatic rings. The highest BCUT2D eigenvalue weighted by molar-refractivity contribution is 7.89. The minimum atomic E-state index is -3.58. The van der Waals surface area contributed by atoms with Crippen molar-refractivity contribution in [3.05, 3.63) is 96.1 Å². The molecule has 1 fully saturated rings. The highest BCUT2D eigenvalue weighted by atomic mass is 35.5. The van der Waals surface area contributed by atoms with Crippen molar-refractivity contribution in [3.8, 4) is 0 Å². The first-order valence-corrected chi connectivity index (χ1v) is 12.2. The molecule has 174 valence electrons. The number of nitrogens with one attached hydrogen (secondary N) is 2. The molecular weight excluding hydrogens is 458 g/mol. The molecule has 3 aromatic carbocycles. The first kappa shape index (κ1) is 24.9. The van der Waals surface area contributed by atoms with Crippen molar-refractivity contribution in [3.63, 3.8) is 0 Å². The lowest BCUT2D eigenvalue weighted by atomic mass is 9.96. The zero-order valence-electron chi connectivity index (χ0n) is 18.4. The second kappa shape index (κ2) is 10.9. The van der Waals surface area contributed by atoms with Gasteiger partial charge in [-0.25, -0.2) is 8.42 Å². The minimum absolute atomic E-state index is 0. The predicted octanol–water partition coefficient (Wildman–Crippen LogP) is -0.672. The smallest absolute Gasteiger partial charge is 0.243 e. The number of nitrogens with zero attached hydrogens (tertiary/aromatic N) is 1. The summed E-state index contributed by atoms with van der Waals surface area (Å²) in [4.78, 5) is 12.8. The Morgan fingerprint density at radius 2 is 1.33 bits per heavy atom. The van der Waals surface area contributed by atoms with Crippen LogP contribution in [0, 0.1) is 0 Å². The lowest BCUT2D eigenvalue weighted by Gasteiger charge is -2.36. The van der Waals surface area contributed by atoms with Crippen molar-refractivity contribution < 1.29 is 30.5 Å². The summed E-state index contributed by atoms with van der Waals surface area (Å²) in [6.45, 7) is 3.78. The number of hydrogen-bond donors (Lipinski definition) is 2. The van der Waals surface area contributed by atoms with E-state index < -0.39 is 10.0 Å². The number of carbonyl (C=O) groups excluding carboxylic acids is 1. The molecule has 6 nitrogen and oxygen atoms in total. The van der Waals surface area contributed by atoms with E-state index in [2.05, 4.69) is 53.8 Å². The summed E-state index contributed by atoms with van der Waals surface area (Å²) < 4.78 is 27.9. The summed E-state index contributed by atoms with van der Waals surface area (Å²) in [6, 6.07) is 27.3. The third-order valence-corrected chi connectivity index (χ3v) is 7.76. The molecule has 1 amide bonds. The molecule has 1 aliphatic rings. The number of anilines is 1. The van der Waals surface area contributed by atoms with Crippen molar-refractivity contribution in [2.24, 2.45) is 0 Å². The molecular formula is C25H28ClN3O3S. The summed E-state index contributed by atoms with van der Waals surface area (Å²) in [5.41, 5.74) is 3.05. The van der Waals surface area contributed by atoms with Gasteiger partial charge in [-0.2, -0.15) is 4.31 Å². The molecule has 8 heteroatoms. The molecule has 0 radical (unpaired) electrons. The van der Waals surface area contributed by atoms with E-state index in [0.717, 1.165) is 13.1 Å². The van der Waals surface area contributed by atoms with Crippen LogP contribution in [0.5, 0.6) is 0 Å². The summed E-state index contributed by atoms with van der Waals surface area (Å²) in [7, 11) is -3.58. The van der Waals surface area contributed by atoms with Gasteiger partial charge in [0.1, 0.15) is 6.04 Å². The first-order chi connectivity index (χ1) is 15.4. The summed E-state index contributed by atoms with van der Waals surface area (Å²) in [6.07, 6.45) is 0. The van der Waals surface area contributed by atoms with Gasteiger partial charge in [0.05, 0.1) is 31.1 Å². The third kappa shape index (κ3) is 5.81. The van der Waals surface area contributed by atoms with Crippen LogP contribution >= 0.6 is 0 Å². The van der Waals surface area contributed by atoms with Crippen molar-refractivity contribution in [2.45, 2.75) is 17.9 Å². The first-order valence-electron chi connectivity index (χ1n) is 10.8. The zero-order valence-corrected chi connectivity index (χ0v) is 20.0. The molecule has 33 heavy (non-hydrogen) atoms. The molecule has 0 saturated carbocycles. The molecule has 0 aromatic heterocycles. The largest absolute Gasteiger partial charge is 1.00 e. The Labute approximate surface area is 201 Å². The molecule has 0 aliphatic carbocycles. The second-order valence-electron chi connectivity index (χ2n) is 8.02. The topological polar surface area (TPSA) is 70.9 Å². The lowest BCUT2D eigenvalue weighted by molar-refractivity contribution is -0.929. The number of sulfonamides is 1. The van der Waals surface area contributed by atoms with Crippen LogP contribution in [-0.2, 0) is 14.8 Å². The number of benzene rings is 3. The van der Waals surface area contributed by atoms with E-state index in [1.807, 2.05) is 12.1 Å². The fourth-order valence-corrected chi connectivity index (χ4v) is 5.76. The average Bonchev–Trinajstić information content (AvgIpc) is 2.81. The van der Waals surface area contributed by atoms with Crippen LogP contribution in [0.25, 0.3) is 0 Å². The SMILES string of the molecule is CC(=O)Nc1ccc(S(=O)(=O)N2CC[NH+](C(c3ccccc3)c3ccccc3)CC2)cc1.[Cl-]. The molecule has 0 unspecified atom stereocenters. The number of piperazine rings is 1. The fourth-order valence-electron chi connectivity index (χ4n) is 4.32. The van der Waals surface area contributed by atoms with Gasteiger partial charge in [-0.15, -0.1) is 0 Å². The average molecular weight is 486 g/mol. The van der Waals surface area contributed by atoms with Crippen LogP contribution in [0.15, 0.2) is 89.8 Å². The number of halogens is 1. The van der Waals surface area contributed by atoms with Crippen molar-refractivity contribution in [1.82, 2.24) is 4.31 Å². The van der Waals surface area contributed by atoms with Crippen LogP contribution in [-0.4, -0.2) is 44.8 Å². The summed E-state index contributed by atoms with van der Waals surface area (Å²) in [5.74, 6) is -0.189. The molecule has 1 heterocycles. The Hall–Kier alpha value is -2.71. The predicted molar refractivity (Wildman–Crippen MR) is 125 cm³/mol. The normalized spacial score (nSPS) is 15.1. The zero-order chi connectivity index (χ0) is 22.6. The van der Waals surface area contributed by atoms with E-state index >= 15 is 0 Å². The van der Waals surface area contributed by atoms with Gasteiger partial charge in [0.25, 0.3) is 0 Å². The van der Waals surface area contributed by atoms with Crippen molar-refractivity contribution in [2.75, 3.05) is 31.5 Å². The van der Waals surface area contributed by atoms with Crippen LogP contribution < -0.4 is 22.6 Å². The van der Waals surface area contributed by atoms with Gasteiger partial charge >= 0.3 is 0 Å².